The van der Waals surface area contributed by atoms with Crippen molar-refractivity contribution in [3.63, 3.8) is 0 Å². The van der Waals surface area contributed by atoms with Gasteiger partial charge in [0.15, 0.2) is 5.60 Å². The van der Waals surface area contributed by atoms with Crippen molar-refractivity contribution in [2.45, 2.75) is 39.2 Å². The van der Waals surface area contributed by atoms with Crippen LogP contribution in [0.2, 0.25) is 0 Å². The Kier molecular flexibility index (Phi) is 4.99. The first-order valence-electron chi connectivity index (χ1n) is 4.66. The Hall–Kier alpha value is -0.570. The molecule has 13 heavy (non-hydrogen) atoms. The van der Waals surface area contributed by atoms with Crippen LogP contribution in [0, 0.1) is 5.92 Å². The van der Waals surface area contributed by atoms with E-state index in [2.05, 4.69) is 6.92 Å². The number of hydrogen-bond donors (Lipinski definition) is 0. The maximum Gasteiger partial charge on any atom is 0.338 e. The summed E-state index contributed by atoms with van der Waals surface area (Å²) in [6, 6.07) is 0. The first kappa shape index (κ1) is 12.4. The lowest BCUT2D eigenvalue weighted by molar-refractivity contribution is -0.170. The molecule has 0 bridgehead atoms. The van der Waals surface area contributed by atoms with Crippen LogP contribution in [0.3, 0.4) is 0 Å². The monoisotopic (exact) mass is 188 g/mol. The highest BCUT2D eigenvalue weighted by Crippen LogP contribution is 2.26. The first-order chi connectivity index (χ1) is 6.02. The highest BCUT2D eigenvalue weighted by atomic mass is 16.6. The molecule has 3 heteroatoms. The molecular weight excluding hydrogens is 168 g/mol. The Morgan fingerprint density at radius 1 is 1.46 bits per heavy atom. The summed E-state index contributed by atoms with van der Waals surface area (Å²) in [4.78, 5) is 11.4. The topological polar surface area (TPSA) is 35.5 Å². The fourth-order valence-electron chi connectivity index (χ4n) is 1.40. The van der Waals surface area contributed by atoms with Crippen molar-refractivity contribution in [2.24, 2.45) is 5.92 Å². The maximum absolute atomic E-state index is 11.4. The number of rotatable bonds is 5. The van der Waals surface area contributed by atoms with Crippen molar-refractivity contribution in [3.8, 4) is 0 Å². The van der Waals surface area contributed by atoms with E-state index in [0.29, 0.717) is 0 Å². The summed E-state index contributed by atoms with van der Waals surface area (Å²) < 4.78 is 9.94. The third-order valence-electron chi connectivity index (χ3n) is 2.68. The number of hydrogen-bond acceptors (Lipinski definition) is 3. The largest absolute Gasteiger partial charge is 0.467 e. The summed E-state index contributed by atoms with van der Waals surface area (Å²) in [5.41, 5.74) is -0.801. The molecule has 0 aromatic carbocycles. The standard InChI is InChI=1S/C10H20O3/c1-6-7-8(2)10(3,13-5)9(11)12-4/h8H,6-7H2,1-5H3/t8-,10?/m0/s1. The van der Waals surface area contributed by atoms with Gasteiger partial charge in [-0.1, -0.05) is 20.3 Å². The van der Waals surface area contributed by atoms with E-state index in [9.17, 15) is 4.79 Å². The van der Waals surface area contributed by atoms with Gasteiger partial charge in [-0.05, 0) is 19.3 Å². The van der Waals surface area contributed by atoms with Gasteiger partial charge in [0.05, 0.1) is 7.11 Å². The van der Waals surface area contributed by atoms with Crippen LogP contribution in [0.1, 0.15) is 33.6 Å². The Bertz CT molecular complexity index is 168. The number of carbonyl (C=O) groups excluding carboxylic acids is 1. The summed E-state index contributed by atoms with van der Waals surface area (Å²) >= 11 is 0. The van der Waals surface area contributed by atoms with E-state index in [1.807, 2.05) is 6.92 Å². The lowest BCUT2D eigenvalue weighted by atomic mass is 9.87. The molecule has 2 atom stereocenters. The second-order valence-corrected chi connectivity index (χ2v) is 3.49. The van der Waals surface area contributed by atoms with Crippen LogP contribution in [0.4, 0.5) is 0 Å². The second kappa shape index (κ2) is 5.22. The van der Waals surface area contributed by atoms with Crippen molar-refractivity contribution in [3.05, 3.63) is 0 Å². The predicted octanol–water partition coefficient (Wildman–Crippen LogP) is 2.00. The summed E-state index contributed by atoms with van der Waals surface area (Å²) in [5, 5.41) is 0. The van der Waals surface area contributed by atoms with E-state index in [4.69, 9.17) is 9.47 Å². The SMILES string of the molecule is CCC[C@H](C)C(C)(OC)C(=O)OC. The summed E-state index contributed by atoms with van der Waals surface area (Å²) in [6.45, 7) is 5.87. The van der Waals surface area contributed by atoms with E-state index in [1.165, 1.54) is 7.11 Å². The molecule has 0 aliphatic heterocycles. The van der Waals surface area contributed by atoms with Gasteiger partial charge < -0.3 is 9.47 Å². The van der Waals surface area contributed by atoms with Crippen LogP contribution in [0.5, 0.6) is 0 Å². The fourth-order valence-corrected chi connectivity index (χ4v) is 1.40. The molecule has 0 amide bonds. The second-order valence-electron chi connectivity index (χ2n) is 3.49. The minimum Gasteiger partial charge on any atom is -0.467 e. The lowest BCUT2D eigenvalue weighted by Gasteiger charge is -2.31. The van der Waals surface area contributed by atoms with Gasteiger partial charge in [-0.2, -0.15) is 0 Å². The molecular formula is C10H20O3. The Labute approximate surface area is 80.4 Å². The van der Waals surface area contributed by atoms with Gasteiger partial charge >= 0.3 is 5.97 Å². The smallest absolute Gasteiger partial charge is 0.338 e. The maximum atomic E-state index is 11.4. The molecule has 0 fully saturated rings. The first-order valence-corrected chi connectivity index (χ1v) is 4.66. The van der Waals surface area contributed by atoms with Crippen molar-refractivity contribution in [2.75, 3.05) is 14.2 Å². The Morgan fingerprint density at radius 3 is 2.31 bits per heavy atom. The van der Waals surface area contributed by atoms with Crippen LogP contribution in [0.15, 0.2) is 0 Å². The molecule has 0 spiro atoms. The van der Waals surface area contributed by atoms with Gasteiger partial charge in [0.25, 0.3) is 0 Å². The van der Waals surface area contributed by atoms with Crippen LogP contribution < -0.4 is 0 Å². The average molecular weight is 188 g/mol. The number of esters is 1. The summed E-state index contributed by atoms with van der Waals surface area (Å²) in [7, 11) is 2.93. The highest BCUT2D eigenvalue weighted by molar-refractivity contribution is 5.79. The molecule has 0 heterocycles. The van der Waals surface area contributed by atoms with Gasteiger partial charge in [-0.15, -0.1) is 0 Å². The van der Waals surface area contributed by atoms with E-state index in [-0.39, 0.29) is 11.9 Å². The zero-order valence-electron chi connectivity index (χ0n) is 9.22. The van der Waals surface area contributed by atoms with Crippen molar-refractivity contribution < 1.29 is 14.3 Å². The third-order valence-corrected chi connectivity index (χ3v) is 2.68. The van der Waals surface area contributed by atoms with Crippen molar-refractivity contribution in [1.29, 1.82) is 0 Å². The Balaban J connectivity index is 4.51. The van der Waals surface area contributed by atoms with Crippen LogP contribution in [-0.2, 0) is 14.3 Å². The molecule has 0 aliphatic rings. The summed E-state index contributed by atoms with van der Waals surface area (Å²) in [6.07, 6.45) is 2.00. The molecule has 0 rings (SSSR count). The molecule has 0 radical (unpaired) electrons. The van der Waals surface area contributed by atoms with Gasteiger partial charge in [-0.3, -0.25) is 0 Å². The lowest BCUT2D eigenvalue weighted by Crippen LogP contribution is -2.44. The fraction of sp³-hybridized carbons (Fsp3) is 0.900. The molecule has 1 unspecified atom stereocenters. The van der Waals surface area contributed by atoms with E-state index >= 15 is 0 Å². The average Bonchev–Trinajstić information content (AvgIpc) is 2.15. The minimum atomic E-state index is -0.801. The third kappa shape index (κ3) is 2.69. The number of ether oxygens (including phenoxy) is 2. The van der Waals surface area contributed by atoms with Crippen LogP contribution >= 0.6 is 0 Å². The quantitative estimate of drug-likeness (QED) is 0.619. The Morgan fingerprint density at radius 2 is 2.00 bits per heavy atom. The van der Waals surface area contributed by atoms with Crippen molar-refractivity contribution in [1.82, 2.24) is 0 Å². The molecule has 0 aromatic heterocycles. The minimum absolute atomic E-state index is 0.176. The molecule has 0 aromatic rings. The number of carbonyl (C=O) groups is 1. The summed E-state index contributed by atoms with van der Waals surface area (Å²) in [5.74, 6) is -0.120. The molecule has 0 saturated heterocycles. The molecule has 0 saturated carbocycles. The normalized spacial score (nSPS) is 17.6. The van der Waals surface area contributed by atoms with E-state index < -0.39 is 5.60 Å². The van der Waals surface area contributed by atoms with Gasteiger partial charge in [0.1, 0.15) is 0 Å². The van der Waals surface area contributed by atoms with Crippen molar-refractivity contribution >= 4 is 5.97 Å². The van der Waals surface area contributed by atoms with Crippen LogP contribution in [0.25, 0.3) is 0 Å². The molecule has 0 N–H and O–H groups in total. The van der Waals surface area contributed by atoms with Crippen LogP contribution in [-0.4, -0.2) is 25.8 Å². The molecule has 3 nitrogen and oxygen atoms in total. The van der Waals surface area contributed by atoms with Gasteiger partial charge in [0.2, 0.25) is 0 Å². The zero-order chi connectivity index (χ0) is 10.5. The highest BCUT2D eigenvalue weighted by Gasteiger charge is 2.39. The zero-order valence-corrected chi connectivity index (χ0v) is 9.22. The van der Waals surface area contributed by atoms with E-state index in [1.54, 1.807) is 14.0 Å². The van der Waals surface area contributed by atoms with Gasteiger partial charge in [0, 0.05) is 7.11 Å². The van der Waals surface area contributed by atoms with E-state index in [0.717, 1.165) is 12.8 Å². The predicted molar refractivity (Wildman–Crippen MR) is 51.5 cm³/mol. The molecule has 78 valence electrons. The van der Waals surface area contributed by atoms with Gasteiger partial charge in [-0.25, -0.2) is 4.79 Å². The molecule has 0 aliphatic carbocycles. The number of methoxy groups -OCH3 is 2.